The molecule has 0 aromatic heterocycles. The average Bonchev–Trinajstić information content (AvgIpc) is 2.95. The molecule has 2 atom stereocenters. The lowest BCUT2D eigenvalue weighted by Crippen LogP contribution is -2.51. The van der Waals surface area contributed by atoms with E-state index in [2.05, 4.69) is 21.7 Å². The average molecular weight is 318 g/mol. The minimum absolute atomic E-state index is 0.277. The highest BCUT2D eigenvalue weighted by Gasteiger charge is 2.31. The van der Waals surface area contributed by atoms with Crippen molar-refractivity contribution in [1.82, 2.24) is 9.80 Å². The summed E-state index contributed by atoms with van der Waals surface area (Å²) >= 11 is 1.85. The molecular formula is C16H22N4OS. The quantitative estimate of drug-likeness (QED) is 0.913. The van der Waals surface area contributed by atoms with Gasteiger partial charge in [0.05, 0.1) is 6.54 Å². The molecule has 0 spiro atoms. The fourth-order valence-corrected chi connectivity index (χ4v) is 3.99. The van der Waals surface area contributed by atoms with Crippen molar-refractivity contribution in [3.63, 3.8) is 0 Å². The molecule has 2 N–H and O–H groups in total. The second-order valence-electron chi connectivity index (χ2n) is 5.79. The normalized spacial score (nSPS) is 24.1. The number of amidine groups is 1. The van der Waals surface area contributed by atoms with Crippen LogP contribution in [-0.2, 0) is 4.79 Å². The number of rotatable bonds is 3. The second kappa shape index (κ2) is 6.71. The first-order valence-electron chi connectivity index (χ1n) is 7.69. The van der Waals surface area contributed by atoms with Crippen LogP contribution in [0.1, 0.15) is 18.5 Å². The molecule has 118 valence electrons. The van der Waals surface area contributed by atoms with Gasteiger partial charge in [-0.1, -0.05) is 49.0 Å². The lowest BCUT2D eigenvalue weighted by Gasteiger charge is -2.38. The van der Waals surface area contributed by atoms with E-state index in [-0.39, 0.29) is 11.9 Å². The molecule has 2 aliphatic rings. The van der Waals surface area contributed by atoms with Gasteiger partial charge in [0, 0.05) is 31.4 Å². The van der Waals surface area contributed by atoms with Crippen molar-refractivity contribution in [2.24, 2.45) is 10.7 Å². The maximum atomic E-state index is 11.9. The fourth-order valence-electron chi connectivity index (χ4n) is 3.00. The van der Waals surface area contributed by atoms with Crippen LogP contribution in [-0.4, -0.2) is 58.8 Å². The second-order valence-corrected chi connectivity index (χ2v) is 7.20. The zero-order valence-electron chi connectivity index (χ0n) is 12.8. The number of carbonyl (C=O) groups is 1. The molecule has 1 fully saturated rings. The van der Waals surface area contributed by atoms with Crippen LogP contribution in [0.5, 0.6) is 0 Å². The maximum absolute atomic E-state index is 11.9. The number of amides is 1. The van der Waals surface area contributed by atoms with Gasteiger partial charge in [0.2, 0.25) is 5.91 Å². The molecule has 5 nitrogen and oxygen atoms in total. The molecule has 2 aliphatic heterocycles. The van der Waals surface area contributed by atoms with Crippen LogP contribution in [0.2, 0.25) is 0 Å². The monoisotopic (exact) mass is 318 g/mol. The van der Waals surface area contributed by atoms with Crippen LogP contribution in [0.25, 0.3) is 0 Å². The fraction of sp³-hybridized carbons (Fsp3) is 0.500. The van der Waals surface area contributed by atoms with Crippen LogP contribution in [0, 0.1) is 0 Å². The number of hydrogen-bond donors (Lipinski definition) is 1. The van der Waals surface area contributed by atoms with E-state index in [0.717, 1.165) is 43.5 Å². The van der Waals surface area contributed by atoms with Gasteiger partial charge in [0.1, 0.15) is 6.04 Å². The topological polar surface area (TPSA) is 61.9 Å². The molecule has 0 bridgehead atoms. The van der Waals surface area contributed by atoms with Crippen molar-refractivity contribution in [3.8, 4) is 0 Å². The van der Waals surface area contributed by atoms with Crippen molar-refractivity contribution in [1.29, 1.82) is 0 Å². The Morgan fingerprint density at radius 1 is 1.27 bits per heavy atom. The third kappa shape index (κ3) is 3.28. The van der Waals surface area contributed by atoms with E-state index in [4.69, 9.17) is 5.73 Å². The number of hydrogen-bond acceptors (Lipinski definition) is 5. The maximum Gasteiger partial charge on any atom is 0.239 e. The molecule has 3 rings (SSSR count). The predicted molar refractivity (Wildman–Crippen MR) is 90.9 cm³/mol. The van der Waals surface area contributed by atoms with E-state index >= 15 is 0 Å². The zero-order chi connectivity index (χ0) is 15.5. The lowest BCUT2D eigenvalue weighted by atomic mass is 10.0. The first-order valence-corrected chi connectivity index (χ1v) is 8.57. The van der Waals surface area contributed by atoms with E-state index in [0.29, 0.717) is 5.25 Å². The summed E-state index contributed by atoms with van der Waals surface area (Å²) in [5.41, 5.74) is 6.63. The van der Waals surface area contributed by atoms with Crippen molar-refractivity contribution in [2.45, 2.75) is 18.2 Å². The first kappa shape index (κ1) is 15.4. The van der Waals surface area contributed by atoms with E-state index in [9.17, 15) is 4.79 Å². The molecule has 0 saturated carbocycles. The Balaban J connectivity index is 1.65. The molecular weight excluding hydrogens is 296 g/mol. The highest BCUT2D eigenvalue weighted by atomic mass is 32.2. The molecule has 1 saturated heterocycles. The third-order valence-corrected chi connectivity index (χ3v) is 5.27. The number of nitrogens with two attached hydrogens (primary N) is 1. The molecule has 22 heavy (non-hydrogen) atoms. The van der Waals surface area contributed by atoms with Gasteiger partial charge in [0.15, 0.2) is 5.17 Å². The smallest absolute Gasteiger partial charge is 0.239 e. The van der Waals surface area contributed by atoms with E-state index in [1.54, 1.807) is 0 Å². The van der Waals surface area contributed by atoms with Crippen LogP contribution >= 0.6 is 11.8 Å². The number of carbonyl (C=O) groups excluding carboxylic acids is 1. The van der Waals surface area contributed by atoms with Crippen molar-refractivity contribution < 1.29 is 4.79 Å². The molecule has 0 aliphatic carbocycles. The van der Waals surface area contributed by atoms with Crippen LogP contribution in [0.3, 0.4) is 0 Å². The van der Waals surface area contributed by atoms with Crippen molar-refractivity contribution >= 4 is 22.8 Å². The number of nitrogens with zero attached hydrogens (tertiary/aromatic N) is 3. The summed E-state index contributed by atoms with van der Waals surface area (Å²) in [5, 5.41) is 1.73. The Bertz CT molecular complexity index is 555. The lowest BCUT2D eigenvalue weighted by molar-refractivity contribution is -0.124. The van der Waals surface area contributed by atoms with E-state index in [1.807, 2.05) is 42.1 Å². The number of aliphatic imine (C=N–C) groups is 1. The predicted octanol–water partition coefficient (Wildman–Crippen LogP) is 1.32. The number of thioether (sulfide) groups is 1. The standard InChI is InChI=1S/C16H22N4OS/c1-12-11-18-16(22-12)20-9-7-19(8-10-20)14(15(17)21)13-5-3-2-4-6-13/h2-6,12,14H,7-11H2,1H3,(H2,17,21)/t12-,14+/m0/s1. The van der Waals surface area contributed by atoms with Crippen molar-refractivity contribution in [2.75, 3.05) is 32.7 Å². The summed E-state index contributed by atoms with van der Waals surface area (Å²) in [4.78, 5) is 21.0. The van der Waals surface area contributed by atoms with Gasteiger partial charge in [-0.05, 0) is 5.56 Å². The molecule has 0 unspecified atom stereocenters. The minimum atomic E-state index is -0.333. The van der Waals surface area contributed by atoms with Gasteiger partial charge >= 0.3 is 0 Å². The summed E-state index contributed by atoms with van der Waals surface area (Å²) in [5.74, 6) is -0.277. The largest absolute Gasteiger partial charge is 0.368 e. The molecule has 1 aromatic rings. The summed E-state index contributed by atoms with van der Waals surface area (Å²) in [6, 6.07) is 9.47. The Kier molecular flexibility index (Phi) is 4.69. The summed E-state index contributed by atoms with van der Waals surface area (Å²) in [6.45, 7) is 6.57. The third-order valence-electron chi connectivity index (χ3n) is 4.12. The summed E-state index contributed by atoms with van der Waals surface area (Å²) in [7, 11) is 0. The van der Waals surface area contributed by atoms with Gasteiger partial charge in [-0.25, -0.2) is 0 Å². The summed E-state index contributed by atoms with van der Waals surface area (Å²) in [6.07, 6.45) is 0. The molecule has 2 heterocycles. The van der Waals surface area contributed by atoms with Crippen LogP contribution < -0.4 is 5.73 Å². The Morgan fingerprint density at radius 3 is 2.50 bits per heavy atom. The van der Waals surface area contributed by atoms with Gasteiger partial charge < -0.3 is 10.6 Å². The van der Waals surface area contributed by atoms with E-state index in [1.165, 1.54) is 0 Å². The zero-order valence-corrected chi connectivity index (χ0v) is 13.6. The molecule has 6 heteroatoms. The van der Waals surface area contributed by atoms with Crippen molar-refractivity contribution in [3.05, 3.63) is 35.9 Å². The van der Waals surface area contributed by atoms with Gasteiger partial charge in [0.25, 0.3) is 0 Å². The molecule has 0 radical (unpaired) electrons. The Hall–Kier alpha value is -1.53. The SMILES string of the molecule is C[C@H]1CN=C(N2CCN([C@@H](C(N)=O)c3ccccc3)CC2)S1. The first-order chi connectivity index (χ1) is 10.6. The Labute approximate surface area is 135 Å². The molecule has 1 amide bonds. The number of benzene rings is 1. The van der Waals surface area contributed by atoms with Gasteiger partial charge in [-0.2, -0.15) is 0 Å². The van der Waals surface area contributed by atoms with Crippen LogP contribution in [0.15, 0.2) is 35.3 Å². The highest BCUT2D eigenvalue weighted by Crippen LogP contribution is 2.26. The summed E-state index contributed by atoms with van der Waals surface area (Å²) < 4.78 is 0. The van der Waals surface area contributed by atoms with Gasteiger partial charge in [-0.15, -0.1) is 0 Å². The number of primary amides is 1. The number of piperazine rings is 1. The Morgan fingerprint density at radius 2 is 1.95 bits per heavy atom. The molecule has 1 aromatic carbocycles. The minimum Gasteiger partial charge on any atom is -0.368 e. The highest BCUT2D eigenvalue weighted by molar-refractivity contribution is 8.14. The van der Waals surface area contributed by atoms with Crippen LogP contribution in [0.4, 0.5) is 0 Å². The van der Waals surface area contributed by atoms with Gasteiger partial charge in [-0.3, -0.25) is 14.7 Å². The van der Waals surface area contributed by atoms with E-state index < -0.39 is 0 Å².